The molecule has 2 aromatic carbocycles. The number of esters is 2. The van der Waals surface area contributed by atoms with Gasteiger partial charge in [-0.1, -0.05) is 60.7 Å². The maximum atomic E-state index is 12.5. The lowest BCUT2D eigenvalue weighted by molar-refractivity contribution is -0.217. The lowest BCUT2D eigenvalue weighted by atomic mass is 9.65. The Kier molecular flexibility index (Phi) is 7.20. The summed E-state index contributed by atoms with van der Waals surface area (Å²) >= 11 is 0. The Hall–Kier alpha value is -2.86. The molecule has 0 aromatic heterocycles. The second kappa shape index (κ2) is 10.4. The Morgan fingerprint density at radius 3 is 1.95 bits per heavy atom. The minimum Gasteiger partial charge on any atom is -0.459 e. The van der Waals surface area contributed by atoms with Crippen LogP contribution in [0.4, 0.5) is 0 Å². The molecule has 2 aromatic rings. The van der Waals surface area contributed by atoms with Crippen molar-refractivity contribution in [3.05, 3.63) is 71.8 Å². The van der Waals surface area contributed by atoms with Crippen LogP contribution in [-0.2, 0) is 56.0 Å². The van der Waals surface area contributed by atoms with Crippen molar-refractivity contribution in [1.82, 2.24) is 0 Å². The van der Waals surface area contributed by atoms with Crippen LogP contribution in [0, 0.1) is 5.92 Å². The van der Waals surface area contributed by atoms with Gasteiger partial charge in [-0.3, -0.25) is 9.59 Å². The zero-order valence-corrected chi connectivity index (χ0v) is 23.7. The van der Waals surface area contributed by atoms with Gasteiger partial charge in [0.2, 0.25) is 0 Å². The minimum atomic E-state index is -1.36. The van der Waals surface area contributed by atoms with E-state index in [1.54, 1.807) is 0 Å². The van der Waals surface area contributed by atoms with E-state index in [0.717, 1.165) is 11.1 Å². The summed E-state index contributed by atoms with van der Waals surface area (Å²) in [7, 11) is 0. The summed E-state index contributed by atoms with van der Waals surface area (Å²) in [6.07, 6.45) is -4.50. The zero-order chi connectivity index (χ0) is 29.0. The number of hydrogen-bond acceptors (Lipinski definition) is 10. The summed E-state index contributed by atoms with van der Waals surface area (Å²) in [6.45, 7) is 6.97. The number of rotatable bonds is 9. The van der Waals surface area contributed by atoms with Crippen molar-refractivity contribution in [2.45, 2.75) is 94.5 Å². The van der Waals surface area contributed by atoms with Crippen LogP contribution in [0.1, 0.15) is 38.8 Å². The first kappa shape index (κ1) is 28.3. The van der Waals surface area contributed by atoms with Gasteiger partial charge in [-0.15, -0.1) is 0 Å². The predicted molar refractivity (Wildman–Crippen MR) is 144 cm³/mol. The van der Waals surface area contributed by atoms with E-state index in [1.165, 1.54) is 13.8 Å². The maximum absolute atomic E-state index is 12.5. The number of ether oxygens (including phenoxy) is 7. The molecule has 0 bridgehead atoms. The summed E-state index contributed by atoms with van der Waals surface area (Å²) < 4.78 is 43.7. The van der Waals surface area contributed by atoms with Crippen LogP contribution in [-0.4, -0.2) is 72.1 Å². The summed E-state index contributed by atoms with van der Waals surface area (Å²) in [5.74, 6) is -2.65. The van der Waals surface area contributed by atoms with Gasteiger partial charge in [0, 0.05) is 13.8 Å². The van der Waals surface area contributed by atoms with Crippen molar-refractivity contribution in [3.8, 4) is 0 Å². The molecule has 2 saturated heterocycles. The fourth-order valence-corrected chi connectivity index (χ4v) is 6.98. The van der Waals surface area contributed by atoms with Crippen molar-refractivity contribution < 1.29 is 42.7 Å². The van der Waals surface area contributed by atoms with Gasteiger partial charge in [-0.05, 0) is 25.0 Å². The average molecular weight is 568 g/mol. The van der Waals surface area contributed by atoms with E-state index >= 15 is 0 Å². The van der Waals surface area contributed by atoms with Crippen LogP contribution in [0.2, 0.25) is 0 Å². The Morgan fingerprint density at radius 1 is 0.780 bits per heavy atom. The first-order chi connectivity index (χ1) is 19.5. The smallest absolute Gasteiger partial charge is 0.303 e. The molecule has 0 radical (unpaired) electrons. The monoisotopic (exact) mass is 567 g/mol. The molecular weight excluding hydrogens is 530 g/mol. The fraction of sp³-hybridized carbons (Fsp3) is 0.548. The molecule has 0 amide bonds. The second-order valence-electron chi connectivity index (χ2n) is 11.8. The molecule has 6 rings (SSSR count). The SMILES string of the molecule is CC(=O)O[C@@H]1[C@@H]2[C@H]3OC(C)(C)O[C@H]3[C@@H](OCc3ccccc3)[C@]2(N)[C@H](OC(C)=O)[C@H]2O[C@@]12COCc1ccccc1. The van der Waals surface area contributed by atoms with Crippen molar-refractivity contribution in [2.24, 2.45) is 11.7 Å². The van der Waals surface area contributed by atoms with Crippen LogP contribution < -0.4 is 5.73 Å². The van der Waals surface area contributed by atoms with Gasteiger partial charge in [0.05, 0.1) is 37.4 Å². The van der Waals surface area contributed by atoms with Gasteiger partial charge < -0.3 is 38.9 Å². The second-order valence-corrected chi connectivity index (χ2v) is 11.8. The topological polar surface area (TPSA) is 128 Å². The molecule has 220 valence electrons. The molecule has 41 heavy (non-hydrogen) atoms. The van der Waals surface area contributed by atoms with Gasteiger partial charge in [-0.2, -0.15) is 0 Å². The molecule has 4 aliphatic rings. The molecule has 10 nitrogen and oxygen atoms in total. The van der Waals surface area contributed by atoms with Crippen molar-refractivity contribution in [2.75, 3.05) is 6.61 Å². The molecule has 2 saturated carbocycles. The first-order valence-corrected chi connectivity index (χ1v) is 14.0. The zero-order valence-electron chi connectivity index (χ0n) is 23.7. The number of hydrogen-bond donors (Lipinski definition) is 1. The largest absolute Gasteiger partial charge is 0.459 e. The van der Waals surface area contributed by atoms with E-state index in [0.29, 0.717) is 6.61 Å². The standard InChI is InChI=1S/C31H37NO9/c1-18(33)37-25-22-23-24(40-29(3,4)39-23)26(36-16-21-13-9-6-10-14-21)31(22,32)28(38-19(2)34)27-30(25,41-27)17-35-15-20-11-7-5-8-12-20/h5-14,22-28H,15-17,32H2,1-4H3/t22-,23+,24+,25+,26+,27+,28+,30-,31-/m0/s1. The molecule has 2 aliphatic carbocycles. The number of carbonyl (C=O) groups excluding carboxylic acids is 2. The van der Waals surface area contributed by atoms with Gasteiger partial charge in [0.1, 0.15) is 24.4 Å². The van der Waals surface area contributed by atoms with Crippen LogP contribution in [0.25, 0.3) is 0 Å². The third-order valence-corrected chi connectivity index (χ3v) is 8.53. The number of fused-ring (bicyclic) bond motifs is 4. The van der Waals surface area contributed by atoms with Crippen molar-refractivity contribution in [1.29, 1.82) is 0 Å². The maximum Gasteiger partial charge on any atom is 0.303 e. The Morgan fingerprint density at radius 2 is 1.34 bits per heavy atom. The molecule has 0 unspecified atom stereocenters. The molecule has 2 heterocycles. The molecule has 4 fully saturated rings. The van der Waals surface area contributed by atoms with Crippen LogP contribution >= 0.6 is 0 Å². The highest BCUT2D eigenvalue weighted by atomic mass is 16.8. The highest BCUT2D eigenvalue weighted by Gasteiger charge is 2.85. The van der Waals surface area contributed by atoms with Gasteiger partial charge in [0.15, 0.2) is 17.5 Å². The van der Waals surface area contributed by atoms with E-state index in [9.17, 15) is 9.59 Å². The van der Waals surface area contributed by atoms with E-state index in [4.69, 9.17) is 38.9 Å². The molecule has 2 aliphatic heterocycles. The summed E-state index contributed by atoms with van der Waals surface area (Å²) in [5.41, 5.74) is 6.80. The van der Waals surface area contributed by atoms with E-state index in [-0.39, 0.29) is 13.2 Å². The third kappa shape index (κ3) is 4.96. The summed E-state index contributed by atoms with van der Waals surface area (Å²) in [6, 6.07) is 19.4. The lowest BCUT2D eigenvalue weighted by Gasteiger charge is -2.49. The highest BCUT2D eigenvalue weighted by molar-refractivity contribution is 5.67. The number of nitrogens with two attached hydrogens (primary N) is 1. The highest BCUT2D eigenvalue weighted by Crippen LogP contribution is 2.62. The molecule has 2 N–H and O–H groups in total. The molecule has 10 heteroatoms. The lowest BCUT2D eigenvalue weighted by Crippen LogP contribution is -2.74. The van der Waals surface area contributed by atoms with Crippen LogP contribution in [0.3, 0.4) is 0 Å². The number of carbonyl (C=O) groups is 2. The van der Waals surface area contributed by atoms with E-state index in [1.807, 2.05) is 74.5 Å². The Balaban J connectivity index is 1.37. The van der Waals surface area contributed by atoms with Crippen molar-refractivity contribution >= 4 is 11.9 Å². The Labute approximate surface area is 239 Å². The quantitative estimate of drug-likeness (QED) is 0.357. The van der Waals surface area contributed by atoms with Gasteiger partial charge in [0.25, 0.3) is 0 Å². The number of benzene rings is 2. The summed E-state index contributed by atoms with van der Waals surface area (Å²) in [5, 5.41) is 0. The normalized spacial score (nSPS) is 37.9. The van der Waals surface area contributed by atoms with E-state index < -0.39 is 71.4 Å². The average Bonchev–Trinajstić information content (AvgIpc) is 3.50. The Bertz CT molecular complexity index is 1270. The molecular formula is C31H37NO9. The van der Waals surface area contributed by atoms with Gasteiger partial charge in [-0.25, -0.2) is 0 Å². The number of epoxide rings is 1. The van der Waals surface area contributed by atoms with Crippen molar-refractivity contribution in [3.63, 3.8) is 0 Å². The first-order valence-electron chi connectivity index (χ1n) is 14.0. The van der Waals surface area contributed by atoms with Crippen LogP contribution in [0.15, 0.2) is 60.7 Å². The fourth-order valence-electron chi connectivity index (χ4n) is 6.98. The predicted octanol–water partition coefficient (Wildman–Crippen LogP) is 2.65. The summed E-state index contributed by atoms with van der Waals surface area (Å²) in [4.78, 5) is 25.0. The molecule has 9 atom stereocenters. The minimum absolute atomic E-state index is 0.0893. The third-order valence-electron chi connectivity index (χ3n) is 8.53. The van der Waals surface area contributed by atoms with Gasteiger partial charge >= 0.3 is 11.9 Å². The molecule has 0 spiro atoms. The van der Waals surface area contributed by atoms with Crippen LogP contribution in [0.5, 0.6) is 0 Å². The van der Waals surface area contributed by atoms with E-state index in [2.05, 4.69) is 0 Å².